The third kappa shape index (κ3) is 26.8. The van der Waals surface area contributed by atoms with Crippen molar-refractivity contribution in [1.29, 1.82) is 0 Å². The normalized spacial score (nSPS) is 16.1. The molecule has 4 aliphatic rings. The van der Waals surface area contributed by atoms with Crippen molar-refractivity contribution >= 4 is 85.1 Å². The van der Waals surface area contributed by atoms with Crippen molar-refractivity contribution < 1.29 is 76.8 Å². The molecule has 0 aromatic heterocycles. The van der Waals surface area contributed by atoms with Gasteiger partial charge in [0.25, 0.3) is 0 Å². The predicted octanol–water partition coefficient (Wildman–Crippen LogP) is 5.76. The minimum Gasteiger partial charge on any atom is -0.459 e. The number of benzene rings is 5. The van der Waals surface area contributed by atoms with E-state index in [2.05, 4.69) is 65.3 Å². The van der Waals surface area contributed by atoms with Gasteiger partial charge in [-0.1, -0.05) is 91.0 Å². The Kier molecular flexibility index (Phi) is 35.7. The number of nitrogens with one attached hydrogen (secondary N) is 10. The fourth-order valence-corrected chi connectivity index (χ4v) is 15.3. The van der Waals surface area contributed by atoms with Gasteiger partial charge in [0.1, 0.15) is 6.61 Å². The molecule has 2 fully saturated rings. The molecule has 0 radical (unpaired) electrons. The van der Waals surface area contributed by atoms with Gasteiger partial charge in [0.15, 0.2) is 12.1 Å². The number of carbonyl (C=O) groups excluding carboxylic acids is 11. The van der Waals surface area contributed by atoms with Crippen molar-refractivity contribution in [2.75, 3.05) is 26.0 Å². The third-order valence-electron chi connectivity index (χ3n) is 21.0. The SMILES string of the molecule is CCCC(NC(=O)[C@H](Cc1cccc2c1CCCC2)NC(=O)[C@@H](NCB=O)C1CCCCC1)C(=O)C(=O)NCC(=O)N[C@H](C(=O)O)c1ccccc1.CCCC(NC(=O)[C@H](Cc1cccc2c1CCCC2)NC(=O)[C@@H](NCB=O)C1CCCCC1)C(=O)C(=O)NCC(=O)N[C@H](C(=O)OCc1ccccc1)c1ccccc1. The molecule has 5 aromatic carbocycles. The molecule has 0 spiro atoms. The Morgan fingerprint density at radius 2 is 0.820 bits per heavy atom. The average Bonchev–Trinajstić information content (AvgIpc) is 0.817. The molecule has 8 atom stereocenters. The van der Waals surface area contributed by atoms with E-state index in [0.29, 0.717) is 38.3 Å². The third-order valence-corrected chi connectivity index (χ3v) is 21.0. The van der Waals surface area contributed by atoms with Crippen molar-refractivity contribution in [3.63, 3.8) is 0 Å². The summed E-state index contributed by atoms with van der Waals surface area (Å²) >= 11 is 0. The van der Waals surface area contributed by atoms with E-state index < -0.39 is 132 Å². The Bertz CT molecular complexity index is 3990. The van der Waals surface area contributed by atoms with Crippen LogP contribution in [0.1, 0.15) is 192 Å². The zero-order valence-electron chi connectivity index (χ0n) is 63.6. The second kappa shape index (κ2) is 45.8. The molecular formula is C83H106B2N10O16. The topological polar surface area (TPSA) is 389 Å². The number of carbonyl (C=O) groups is 12. The van der Waals surface area contributed by atoms with Crippen LogP contribution in [0.5, 0.6) is 0 Å². The van der Waals surface area contributed by atoms with Crippen LogP contribution in [0.3, 0.4) is 0 Å². The van der Waals surface area contributed by atoms with Crippen molar-refractivity contribution in [2.45, 2.75) is 223 Å². The zero-order valence-corrected chi connectivity index (χ0v) is 63.6. The molecule has 26 nitrogen and oxygen atoms in total. The number of ether oxygens (including phenoxy) is 1. The summed E-state index contributed by atoms with van der Waals surface area (Å²) < 4.78 is 28.1. The minimum atomic E-state index is -1.36. The molecule has 0 saturated heterocycles. The van der Waals surface area contributed by atoms with E-state index in [1.165, 1.54) is 11.1 Å². The number of esters is 1. The summed E-state index contributed by atoms with van der Waals surface area (Å²) in [6.07, 6.45) is 18.4. The summed E-state index contributed by atoms with van der Waals surface area (Å²) in [5.41, 5.74) is 8.15. The van der Waals surface area contributed by atoms with Crippen LogP contribution < -0.4 is 53.2 Å². The van der Waals surface area contributed by atoms with Crippen LogP contribution >= 0.6 is 0 Å². The first-order valence-electron chi connectivity index (χ1n) is 39.3. The first kappa shape index (κ1) is 86.4. The molecule has 11 N–H and O–H groups in total. The van der Waals surface area contributed by atoms with Crippen LogP contribution in [-0.4, -0.2) is 152 Å². The summed E-state index contributed by atoms with van der Waals surface area (Å²) in [5.74, 6) is -9.77. The van der Waals surface area contributed by atoms with Crippen molar-refractivity contribution in [3.8, 4) is 0 Å². The summed E-state index contributed by atoms with van der Waals surface area (Å²) in [6, 6.07) is 29.0. The van der Waals surface area contributed by atoms with Crippen LogP contribution in [0.4, 0.5) is 0 Å². The van der Waals surface area contributed by atoms with E-state index in [-0.39, 0.29) is 57.0 Å². The number of aryl methyl sites for hydroxylation is 2. The molecule has 4 aliphatic carbocycles. The maximum atomic E-state index is 14.2. The summed E-state index contributed by atoms with van der Waals surface area (Å²) in [6.45, 7) is 2.30. The van der Waals surface area contributed by atoms with E-state index >= 15 is 0 Å². The van der Waals surface area contributed by atoms with Gasteiger partial charge in [-0.05, 0) is 16.7 Å². The number of ketones is 2. The van der Waals surface area contributed by atoms with Gasteiger partial charge in [-0.2, -0.15) is 0 Å². The van der Waals surface area contributed by atoms with Crippen molar-refractivity contribution in [3.05, 3.63) is 177 Å². The van der Waals surface area contributed by atoms with E-state index in [1.54, 1.807) is 86.6 Å². The van der Waals surface area contributed by atoms with Gasteiger partial charge in [-0.15, -0.1) is 0 Å². The zero-order chi connectivity index (χ0) is 79.4. The van der Waals surface area contributed by atoms with Crippen LogP contribution in [0.15, 0.2) is 127 Å². The Morgan fingerprint density at radius 1 is 0.432 bits per heavy atom. The number of carboxylic acids is 1. The Labute approximate surface area is 650 Å². The van der Waals surface area contributed by atoms with Gasteiger partial charge in [0.2, 0.25) is 11.8 Å². The van der Waals surface area contributed by atoms with Crippen molar-refractivity contribution in [2.24, 2.45) is 11.8 Å². The smallest absolute Gasteiger partial charge is 0.459 e. The number of fused-ring (bicyclic) bond motifs is 2. The molecule has 111 heavy (non-hydrogen) atoms. The first-order chi connectivity index (χ1) is 53.8. The van der Waals surface area contributed by atoms with E-state index in [1.807, 2.05) is 42.5 Å². The molecule has 0 bridgehead atoms. The van der Waals surface area contributed by atoms with Crippen LogP contribution in [-0.2, 0) is 117 Å². The maximum absolute atomic E-state index is 14.2. The number of rotatable bonds is 40. The Morgan fingerprint density at radius 3 is 1.23 bits per heavy atom. The predicted molar refractivity (Wildman–Crippen MR) is 415 cm³/mol. The van der Waals surface area contributed by atoms with Crippen LogP contribution in [0.2, 0.25) is 0 Å². The fraction of sp³-hybridized carbons (Fsp3) is 0.494. The van der Waals surface area contributed by atoms with Gasteiger partial charge < -0.3 is 20.5 Å². The van der Waals surface area contributed by atoms with Crippen LogP contribution in [0.25, 0.3) is 0 Å². The number of Topliss-reactive ketones (excluding diaryl/α,β-unsaturated/α-hetero) is 2. The standard InChI is InChI=1S/C45H56BN5O8.C38H50BN5O8/c1-2-15-36(41(53)44(56)47-27-38(52)51-40(33-21-10-5-11-22-33)45(57)59-28-30-16-6-3-7-17-30)49-42(54)37(26-34-24-14-23-31-18-12-13-25-35(31)34)50-43(55)39(48-29-46-58)32-19-8-4-9-20-32;1-2-12-29(34(46)37(49)40-22-31(45)44-33(38(50)51)26-16-7-4-8-17-26)42-35(47)30(21-27-19-11-18-24-13-9-10-20-28(24)27)43-36(48)32(41-23-39-52)25-14-5-3-6-15-25/h3,5-7,10-11,14,16-17,21-24,32,36-37,39-40,48H,2,4,8-9,12-13,15,18-20,25-29H2,1H3,(H,47,56)(H,49,54)(H,50,55)(H,51,52);4,7-8,11,16-19,25,29-30,32-33,41H,2-3,5-6,9-10,12-15,20-23H2,1H3,(H,40,49)(H,42,47)(H,43,48)(H,44,45)(H,50,51)/t36?,37-,39-,40-;29?,30-,32-,33-/m00/s1. The quantitative estimate of drug-likeness (QED) is 0.0126. The fourth-order valence-electron chi connectivity index (χ4n) is 15.3. The number of hydrogen-bond acceptors (Lipinski definition) is 17. The van der Waals surface area contributed by atoms with Gasteiger partial charge >= 0.3 is 462 Å². The molecular weight excluding hydrogens is 1410 g/mol. The Balaban J connectivity index is 0.000000281. The van der Waals surface area contributed by atoms with Gasteiger partial charge in [-0.25, -0.2) is 9.59 Å². The summed E-state index contributed by atoms with van der Waals surface area (Å²) in [7, 11) is 1.41. The summed E-state index contributed by atoms with van der Waals surface area (Å²) in [5, 5.41) is 36.6. The van der Waals surface area contributed by atoms with Crippen LogP contribution in [0, 0.1) is 11.8 Å². The number of hydrogen-bond donors (Lipinski definition) is 11. The minimum absolute atomic E-state index is 0.00400. The average molecular weight is 1520 g/mol. The molecule has 28 heteroatoms. The van der Waals surface area contributed by atoms with E-state index in [9.17, 15) is 72.1 Å². The van der Waals surface area contributed by atoms with Gasteiger partial charge in [0, 0.05) is 0 Å². The molecule has 0 heterocycles. The molecule has 2 unspecified atom stereocenters. The second-order valence-corrected chi connectivity index (χ2v) is 29.0. The number of amides is 8. The number of aliphatic carboxylic acids is 1. The number of carboxylic acid groups (broad SMARTS) is 1. The summed E-state index contributed by atoms with van der Waals surface area (Å²) in [4.78, 5) is 160. The molecule has 8 amide bonds. The monoisotopic (exact) mass is 1520 g/mol. The van der Waals surface area contributed by atoms with Gasteiger partial charge in [0.05, 0.1) is 13.1 Å². The van der Waals surface area contributed by atoms with E-state index in [4.69, 9.17) is 4.74 Å². The molecule has 5 aromatic rings. The molecule has 590 valence electrons. The second-order valence-electron chi connectivity index (χ2n) is 29.0. The molecule has 0 aliphatic heterocycles. The molecule has 2 saturated carbocycles. The van der Waals surface area contributed by atoms with E-state index in [0.717, 1.165) is 143 Å². The molecule has 9 rings (SSSR count). The van der Waals surface area contributed by atoms with Crippen molar-refractivity contribution in [1.82, 2.24) is 53.2 Å². The Hall–Kier alpha value is -10.2. The first-order valence-corrected chi connectivity index (χ1v) is 39.3. The van der Waals surface area contributed by atoms with Gasteiger partial charge in [-0.3, -0.25) is 9.59 Å².